The van der Waals surface area contributed by atoms with Crippen LogP contribution in [0.25, 0.3) is 0 Å². The first-order chi connectivity index (χ1) is 7.76. The number of aliphatic hydroxyl groups is 1. The van der Waals surface area contributed by atoms with Crippen LogP contribution in [0.3, 0.4) is 0 Å². The number of aryl methyl sites for hydroxylation is 1. The molecule has 0 spiro atoms. The molecule has 3 nitrogen and oxygen atoms in total. The van der Waals surface area contributed by atoms with Gasteiger partial charge in [-0.05, 0) is 36.6 Å². The molecule has 0 bridgehead atoms. The van der Waals surface area contributed by atoms with E-state index >= 15 is 0 Å². The van der Waals surface area contributed by atoms with Crippen molar-refractivity contribution in [3.8, 4) is 5.75 Å². The summed E-state index contributed by atoms with van der Waals surface area (Å²) in [6.07, 6.45) is 0.973. The molecule has 16 heavy (non-hydrogen) atoms. The molecule has 1 N–H and O–H groups in total. The van der Waals surface area contributed by atoms with E-state index in [0.29, 0.717) is 0 Å². The number of rotatable bonds is 3. The fourth-order valence-corrected chi connectivity index (χ4v) is 2.27. The van der Waals surface area contributed by atoms with Crippen LogP contribution in [0.2, 0.25) is 0 Å². The fourth-order valence-electron chi connectivity index (χ4n) is 2.27. The van der Waals surface area contributed by atoms with Gasteiger partial charge < -0.3 is 14.6 Å². The fraction of sp³-hybridized carbons (Fsp3) is 0.538. The second-order valence-electron chi connectivity index (χ2n) is 4.25. The van der Waals surface area contributed by atoms with Crippen LogP contribution >= 0.6 is 0 Å². The van der Waals surface area contributed by atoms with E-state index < -0.39 is 0 Å². The van der Waals surface area contributed by atoms with Crippen molar-refractivity contribution in [2.24, 2.45) is 5.92 Å². The first kappa shape index (κ1) is 11.4. The maximum atomic E-state index is 9.26. The van der Waals surface area contributed by atoms with Crippen LogP contribution in [0.4, 0.5) is 0 Å². The zero-order chi connectivity index (χ0) is 11.5. The lowest BCUT2D eigenvalue weighted by Crippen LogP contribution is -2.11. The quantitative estimate of drug-likeness (QED) is 0.851. The summed E-state index contributed by atoms with van der Waals surface area (Å²) in [6.45, 7) is 2.95. The molecule has 0 saturated carbocycles. The Bertz CT molecular complexity index is 362. The Balaban J connectivity index is 2.23. The average Bonchev–Trinajstić information content (AvgIpc) is 2.77. The topological polar surface area (TPSA) is 38.7 Å². The largest absolute Gasteiger partial charge is 0.496 e. The Hall–Kier alpha value is -1.06. The van der Waals surface area contributed by atoms with E-state index in [4.69, 9.17) is 9.47 Å². The van der Waals surface area contributed by atoms with Gasteiger partial charge in [-0.15, -0.1) is 0 Å². The van der Waals surface area contributed by atoms with Crippen LogP contribution in [0.1, 0.15) is 23.7 Å². The van der Waals surface area contributed by atoms with Crippen molar-refractivity contribution < 1.29 is 14.6 Å². The van der Waals surface area contributed by atoms with Crippen LogP contribution in [0.15, 0.2) is 18.2 Å². The molecule has 2 rings (SSSR count). The van der Waals surface area contributed by atoms with Crippen molar-refractivity contribution in [2.45, 2.75) is 19.4 Å². The van der Waals surface area contributed by atoms with Crippen molar-refractivity contribution >= 4 is 0 Å². The molecular formula is C13H18O3. The summed E-state index contributed by atoms with van der Waals surface area (Å²) in [6, 6.07) is 6.06. The van der Waals surface area contributed by atoms with Crippen molar-refractivity contribution in [1.29, 1.82) is 0 Å². The molecule has 1 aromatic rings. The molecule has 88 valence electrons. The summed E-state index contributed by atoms with van der Waals surface area (Å²) < 4.78 is 10.9. The molecule has 1 aliphatic heterocycles. The van der Waals surface area contributed by atoms with E-state index in [9.17, 15) is 5.11 Å². The molecule has 1 aromatic carbocycles. The Morgan fingerprint density at radius 3 is 2.94 bits per heavy atom. The van der Waals surface area contributed by atoms with E-state index in [-0.39, 0.29) is 18.6 Å². The highest BCUT2D eigenvalue weighted by Gasteiger charge is 2.29. The van der Waals surface area contributed by atoms with Gasteiger partial charge >= 0.3 is 0 Å². The van der Waals surface area contributed by atoms with Crippen LogP contribution in [0, 0.1) is 12.8 Å². The van der Waals surface area contributed by atoms with E-state index in [2.05, 4.69) is 6.07 Å². The summed E-state index contributed by atoms with van der Waals surface area (Å²) in [5, 5.41) is 9.26. The number of methoxy groups -OCH3 is 1. The molecule has 1 fully saturated rings. The van der Waals surface area contributed by atoms with Gasteiger partial charge in [0.1, 0.15) is 5.75 Å². The van der Waals surface area contributed by atoms with Gasteiger partial charge in [0.25, 0.3) is 0 Å². The highest BCUT2D eigenvalue weighted by molar-refractivity contribution is 5.37. The third-order valence-electron chi connectivity index (χ3n) is 3.20. The minimum Gasteiger partial charge on any atom is -0.496 e. The molecule has 1 heterocycles. The predicted molar refractivity (Wildman–Crippen MR) is 61.6 cm³/mol. The summed E-state index contributed by atoms with van der Waals surface area (Å²) in [4.78, 5) is 0. The van der Waals surface area contributed by atoms with Gasteiger partial charge in [0, 0.05) is 19.1 Å². The normalized spacial score (nSPS) is 24.7. The first-order valence-corrected chi connectivity index (χ1v) is 5.63. The number of ether oxygens (including phenoxy) is 2. The minimum atomic E-state index is 0.0367. The van der Waals surface area contributed by atoms with Crippen LogP contribution in [0.5, 0.6) is 5.75 Å². The zero-order valence-corrected chi connectivity index (χ0v) is 9.77. The molecule has 0 aliphatic carbocycles. The Kier molecular flexibility index (Phi) is 3.46. The number of hydrogen-bond donors (Lipinski definition) is 1. The lowest BCUT2D eigenvalue weighted by Gasteiger charge is -2.18. The smallest absolute Gasteiger partial charge is 0.121 e. The summed E-state index contributed by atoms with van der Waals surface area (Å²) in [5.41, 5.74) is 2.24. The van der Waals surface area contributed by atoms with E-state index in [1.807, 2.05) is 19.1 Å². The van der Waals surface area contributed by atoms with Gasteiger partial charge in [0.2, 0.25) is 0 Å². The third kappa shape index (κ3) is 2.06. The van der Waals surface area contributed by atoms with Crippen molar-refractivity contribution in [1.82, 2.24) is 0 Å². The highest BCUT2D eigenvalue weighted by Crippen LogP contribution is 2.35. The summed E-state index contributed by atoms with van der Waals surface area (Å²) in [5.74, 6) is 1.12. The molecule has 0 aromatic heterocycles. The predicted octanol–water partition coefficient (Wildman–Crippen LogP) is 2.07. The maximum absolute atomic E-state index is 9.26. The van der Waals surface area contributed by atoms with Gasteiger partial charge in [-0.1, -0.05) is 6.07 Å². The van der Waals surface area contributed by atoms with Gasteiger partial charge in [-0.2, -0.15) is 0 Å². The third-order valence-corrected chi connectivity index (χ3v) is 3.20. The van der Waals surface area contributed by atoms with E-state index in [1.165, 1.54) is 0 Å². The van der Waals surface area contributed by atoms with Gasteiger partial charge in [-0.3, -0.25) is 0 Å². The maximum Gasteiger partial charge on any atom is 0.121 e. The van der Waals surface area contributed by atoms with Gasteiger partial charge in [0.05, 0.1) is 13.2 Å². The Labute approximate surface area is 96.0 Å². The molecular weight excluding hydrogens is 204 g/mol. The van der Waals surface area contributed by atoms with E-state index in [0.717, 1.165) is 29.9 Å². The Morgan fingerprint density at radius 2 is 2.31 bits per heavy atom. The van der Waals surface area contributed by atoms with Crippen molar-refractivity contribution in [3.63, 3.8) is 0 Å². The molecule has 0 amide bonds. The SMILES string of the molecule is COc1ccc(C2OCCC2CO)cc1C. The lowest BCUT2D eigenvalue weighted by atomic mass is 9.95. The van der Waals surface area contributed by atoms with Crippen LogP contribution in [-0.2, 0) is 4.74 Å². The van der Waals surface area contributed by atoms with Crippen LogP contribution < -0.4 is 4.74 Å². The zero-order valence-electron chi connectivity index (χ0n) is 9.77. The summed E-state index contributed by atoms with van der Waals surface area (Å²) in [7, 11) is 1.67. The number of aliphatic hydroxyl groups excluding tert-OH is 1. The van der Waals surface area contributed by atoms with Gasteiger partial charge in [-0.25, -0.2) is 0 Å². The summed E-state index contributed by atoms with van der Waals surface area (Å²) >= 11 is 0. The molecule has 2 unspecified atom stereocenters. The monoisotopic (exact) mass is 222 g/mol. The standard InChI is InChI=1S/C13H18O3/c1-9-7-10(3-4-12(9)15-2)13-11(8-14)5-6-16-13/h3-4,7,11,13-14H,5-6,8H2,1-2H3. The number of hydrogen-bond acceptors (Lipinski definition) is 3. The van der Waals surface area contributed by atoms with Crippen molar-refractivity contribution in [3.05, 3.63) is 29.3 Å². The molecule has 1 saturated heterocycles. The lowest BCUT2D eigenvalue weighted by molar-refractivity contribution is 0.0720. The first-order valence-electron chi connectivity index (χ1n) is 5.63. The van der Waals surface area contributed by atoms with Crippen LogP contribution in [-0.4, -0.2) is 25.4 Å². The van der Waals surface area contributed by atoms with Crippen molar-refractivity contribution in [2.75, 3.05) is 20.3 Å². The molecule has 2 atom stereocenters. The average molecular weight is 222 g/mol. The van der Waals surface area contributed by atoms with Gasteiger partial charge in [0.15, 0.2) is 0 Å². The minimum absolute atomic E-state index is 0.0367. The molecule has 1 aliphatic rings. The molecule has 3 heteroatoms. The second kappa shape index (κ2) is 4.85. The number of benzene rings is 1. The highest BCUT2D eigenvalue weighted by atomic mass is 16.5. The second-order valence-corrected chi connectivity index (χ2v) is 4.25. The Morgan fingerprint density at radius 1 is 1.50 bits per heavy atom. The molecule has 0 radical (unpaired) electrons. The van der Waals surface area contributed by atoms with E-state index in [1.54, 1.807) is 7.11 Å².